The minimum absolute atomic E-state index is 0.0386. The van der Waals surface area contributed by atoms with Gasteiger partial charge in [0.25, 0.3) is 11.2 Å². The fraction of sp³-hybridized carbons (Fsp3) is 0.444. The number of nitrogens with zero attached hydrogens (tertiary/aromatic N) is 3. The fourth-order valence-corrected chi connectivity index (χ4v) is 3.49. The van der Waals surface area contributed by atoms with Crippen LogP contribution in [0, 0.1) is 10.1 Å². The van der Waals surface area contributed by atoms with Crippen LogP contribution in [0.1, 0.15) is 32.1 Å². The molecule has 1 amide bonds. The lowest BCUT2D eigenvalue weighted by Gasteiger charge is -2.31. The third-order valence-corrected chi connectivity index (χ3v) is 4.99. The molecule has 1 aliphatic carbocycles. The van der Waals surface area contributed by atoms with Crippen molar-refractivity contribution in [2.45, 2.75) is 44.7 Å². The number of aromatic nitrogens is 1. The first-order valence-corrected chi connectivity index (χ1v) is 8.51. The molecule has 0 saturated heterocycles. The Balaban J connectivity index is 1.89. The zero-order valence-electron chi connectivity index (χ0n) is 14.2. The predicted molar refractivity (Wildman–Crippen MR) is 94.5 cm³/mol. The molecule has 2 aromatic rings. The van der Waals surface area contributed by atoms with Crippen LogP contribution < -0.4 is 5.56 Å². The SMILES string of the molecule is CN(C(=O)Cn1c(=O)ccc2cc([N+](=O)[O-])ccc21)C1CCCCC1. The zero-order chi connectivity index (χ0) is 18.0. The number of amides is 1. The van der Waals surface area contributed by atoms with E-state index in [0.717, 1.165) is 25.7 Å². The maximum atomic E-state index is 12.6. The van der Waals surface area contributed by atoms with E-state index in [1.165, 1.54) is 35.3 Å². The molecule has 0 unspecified atom stereocenters. The van der Waals surface area contributed by atoms with Gasteiger partial charge < -0.3 is 4.90 Å². The minimum atomic E-state index is -0.475. The van der Waals surface area contributed by atoms with Gasteiger partial charge >= 0.3 is 0 Å². The number of carbonyl (C=O) groups is 1. The van der Waals surface area contributed by atoms with Gasteiger partial charge in [-0.3, -0.25) is 24.3 Å². The van der Waals surface area contributed by atoms with Crippen molar-refractivity contribution in [3.63, 3.8) is 0 Å². The largest absolute Gasteiger partial charge is 0.341 e. The smallest absolute Gasteiger partial charge is 0.270 e. The lowest BCUT2D eigenvalue weighted by atomic mass is 9.94. The summed E-state index contributed by atoms with van der Waals surface area (Å²) in [5.41, 5.74) is 0.207. The van der Waals surface area contributed by atoms with Gasteiger partial charge in [-0.1, -0.05) is 19.3 Å². The number of hydrogen-bond donors (Lipinski definition) is 0. The van der Waals surface area contributed by atoms with E-state index in [1.54, 1.807) is 18.0 Å². The summed E-state index contributed by atoms with van der Waals surface area (Å²) in [5.74, 6) is -0.111. The summed E-state index contributed by atoms with van der Waals surface area (Å²) in [6, 6.07) is 7.43. The van der Waals surface area contributed by atoms with E-state index in [4.69, 9.17) is 0 Å². The maximum absolute atomic E-state index is 12.6. The quantitative estimate of drug-likeness (QED) is 0.631. The molecule has 1 aromatic carbocycles. The summed E-state index contributed by atoms with van der Waals surface area (Å²) in [5, 5.41) is 11.5. The number of nitro benzene ring substituents is 1. The number of benzene rings is 1. The summed E-state index contributed by atoms with van der Waals surface area (Å²) in [7, 11) is 1.79. The van der Waals surface area contributed by atoms with Crippen molar-refractivity contribution in [2.75, 3.05) is 7.05 Å². The first-order chi connectivity index (χ1) is 12.0. The van der Waals surface area contributed by atoms with Crippen molar-refractivity contribution in [3.8, 4) is 0 Å². The van der Waals surface area contributed by atoms with E-state index < -0.39 is 4.92 Å². The molecule has 0 radical (unpaired) electrons. The lowest BCUT2D eigenvalue weighted by molar-refractivity contribution is -0.384. The first kappa shape index (κ1) is 17.1. The van der Waals surface area contributed by atoms with Gasteiger partial charge in [0, 0.05) is 36.7 Å². The topological polar surface area (TPSA) is 85.5 Å². The molecule has 0 N–H and O–H groups in total. The molecule has 0 spiro atoms. The van der Waals surface area contributed by atoms with E-state index in [1.807, 2.05) is 0 Å². The van der Waals surface area contributed by atoms with E-state index in [0.29, 0.717) is 10.9 Å². The van der Waals surface area contributed by atoms with Crippen LogP contribution in [0.3, 0.4) is 0 Å². The van der Waals surface area contributed by atoms with Crippen molar-refractivity contribution < 1.29 is 9.72 Å². The molecule has 1 fully saturated rings. The van der Waals surface area contributed by atoms with Crippen LogP contribution in [0.15, 0.2) is 35.1 Å². The van der Waals surface area contributed by atoms with Crippen LogP contribution >= 0.6 is 0 Å². The van der Waals surface area contributed by atoms with Gasteiger partial charge in [0.2, 0.25) is 5.91 Å². The Hall–Kier alpha value is -2.70. The Kier molecular flexibility index (Phi) is 4.83. The average molecular weight is 343 g/mol. The molecule has 1 saturated carbocycles. The molecule has 7 nitrogen and oxygen atoms in total. The summed E-state index contributed by atoms with van der Waals surface area (Å²) in [6.45, 7) is -0.0546. The van der Waals surface area contributed by atoms with Crippen molar-refractivity contribution in [1.29, 1.82) is 0 Å². The van der Waals surface area contributed by atoms with Crippen LogP contribution in [0.2, 0.25) is 0 Å². The Morgan fingerprint density at radius 2 is 1.96 bits per heavy atom. The van der Waals surface area contributed by atoms with Crippen LogP contribution in [0.25, 0.3) is 10.9 Å². The number of hydrogen-bond acceptors (Lipinski definition) is 4. The fourth-order valence-electron chi connectivity index (χ4n) is 3.49. The van der Waals surface area contributed by atoms with Crippen LogP contribution in [-0.2, 0) is 11.3 Å². The highest BCUT2D eigenvalue weighted by Crippen LogP contribution is 2.23. The molecule has 0 bridgehead atoms. The molecule has 1 aromatic heterocycles. The van der Waals surface area contributed by atoms with Gasteiger partial charge in [-0.2, -0.15) is 0 Å². The predicted octanol–water partition coefficient (Wildman–Crippen LogP) is 2.70. The second-order valence-electron chi connectivity index (χ2n) is 6.55. The highest BCUT2D eigenvalue weighted by molar-refractivity contribution is 5.84. The standard InChI is InChI=1S/C18H21N3O4/c1-19(14-5-3-2-4-6-14)18(23)12-20-16-9-8-15(21(24)25)11-13(16)7-10-17(20)22/h7-11,14H,2-6,12H2,1H3. The van der Waals surface area contributed by atoms with Crippen molar-refractivity contribution in [1.82, 2.24) is 9.47 Å². The van der Waals surface area contributed by atoms with Gasteiger partial charge in [0.1, 0.15) is 6.54 Å². The third-order valence-electron chi connectivity index (χ3n) is 4.99. The van der Waals surface area contributed by atoms with E-state index >= 15 is 0 Å². The summed E-state index contributed by atoms with van der Waals surface area (Å²) >= 11 is 0. The normalized spacial score (nSPS) is 15.2. The molecule has 1 aliphatic rings. The van der Waals surface area contributed by atoms with Crippen molar-refractivity contribution in [3.05, 3.63) is 50.8 Å². The molecule has 3 rings (SSSR count). The number of nitro groups is 1. The second kappa shape index (κ2) is 7.04. The second-order valence-corrected chi connectivity index (χ2v) is 6.55. The summed E-state index contributed by atoms with van der Waals surface area (Å²) in [4.78, 5) is 37.1. The Morgan fingerprint density at radius 1 is 1.24 bits per heavy atom. The van der Waals surface area contributed by atoms with Gasteiger partial charge in [-0.25, -0.2) is 0 Å². The lowest BCUT2D eigenvalue weighted by Crippen LogP contribution is -2.41. The molecule has 0 aliphatic heterocycles. The van der Waals surface area contributed by atoms with Crippen molar-refractivity contribution in [2.24, 2.45) is 0 Å². The van der Waals surface area contributed by atoms with E-state index in [-0.39, 0.29) is 29.7 Å². The third kappa shape index (κ3) is 3.55. The first-order valence-electron chi connectivity index (χ1n) is 8.51. The Labute approximate surface area is 145 Å². The molecule has 1 heterocycles. The molecule has 25 heavy (non-hydrogen) atoms. The van der Waals surface area contributed by atoms with Gasteiger partial charge in [-0.05, 0) is 25.0 Å². The summed E-state index contributed by atoms with van der Waals surface area (Å²) < 4.78 is 1.39. The molecular formula is C18H21N3O4. The molecular weight excluding hydrogens is 322 g/mol. The monoisotopic (exact) mass is 343 g/mol. The van der Waals surface area contributed by atoms with Gasteiger partial charge in [0.15, 0.2) is 0 Å². The highest BCUT2D eigenvalue weighted by atomic mass is 16.6. The molecule has 132 valence electrons. The minimum Gasteiger partial charge on any atom is -0.341 e. The number of likely N-dealkylation sites (N-methyl/N-ethyl adjacent to an activating group) is 1. The van der Waals surface area contributed by atoms with Crippen LogP contribution in [-0.4, -0.2) is 33.4 Å². The van der Waals surface area contributed by atoms with E-state index in [9.17, 15) is 19.7 Å². The van der Waals surface area contributed by atoms with Gasteiger partial charge in [-0.15, -0.1) is 0 Å². The van der Waals surface area contributed by atoms with Gasteiger partial charge in [0.05, 0.1) is 10.4 Å². The van der Waals surface area contributed by atoms with Crippen molar-refractivity contribution >= 4 is 22.5 Å². The zero-order valence-corrected chi connectivity index (χ0v) is 14.2. The highest BCUT2D eigenvalue weighted by Gasteiger charge is 2.22. The number of fused-ring (bicyclic) bond motifs is 1. The molecule has 0 atom stereocenters. The van der Waals surface area contributed by atoms with E-state index in [2.05, 4.69) is 0 Å². The number of carbonyl (C=O) groups excluding carboxylic acids is 1. The maximum Gasteiger partial charge on any atom is 0.270 e. The Morgan fingerprint density at radius 3 is 2.64 bits per heavy atom. The Bertz CT molecular complexity index is 868. The average Bonchev–Trinajstić information content (AvgIpc) is 2.63. The number of non-ortho nitro benzene ring substituents is 1. The number of pyridine rings is 1. The van der Waals surface area contributed by atoms with Crippen LogP contribution in [0.5, 0.6) is 0 Å². The summed E-state index contributed by atoms with van der Waals surface area (Å²) in [6.07, 6.45) is 5.46. The molecule has 7 heteroatoms. The number of rotatable bonds is 4. The van der Waals surface area contributed by atoms with Crippen LogP contribution in [0.4, 0.5) is 5.69 Å².